The third-order valence-electron chi connectivity index (χ3n) is 5.33. The summed E-state index contributed by atoms with van der Waals surface area (Å²) in [5.41, 5.74) is 3.53. The average Bonchev–Trinajstić information content (AvgIpc) is 2.78. The quantitative estimate of drug-likeness (QED) is 0.371. The summed E-state index contributed by atoms with van der Waals surface area (Å²) >= 11 is 7.16. The van der Waals surface area contributed by atoms with Crippen molar-refractivity contribution >= 4 is 43.8 Å². The van der Waals surface area contributed by atoms with E-state index in [-0.39, 0.29) is 13.2 Å². The van der Waals surface area contributed by atoms with Crippen LogP contribution < -0.4 is 10.1 Å². The van der Waals surface area contributed by atoms with Crippen molar-refractivity contribution in [2.75, 3.05) is 13.2 Å². The minimum absolute atomic E-state index is 0.208. The summed E-state index contributed by atoms with van der Waals surface area (Å²) in [6, 6.07) is 13.5. The van der Waals surface area contributed by atoms with Crippen molar-refractivity contribution in [3.63, 3.8) is 0 Å². The summed E-state index contributed by atoms with van der Waals surface area (Å²) in [4.78, 5) is 26.3. The molecule has 0 spiro atoms. The van der Waals surface area contributed by atoms with Gasteiger partial charge in [0.05, 0.1) is 34.8 Å². The number of dihydropyridines is 1. The van der Waals surface area contributed by atoms with Crippen LogP contribution >= 0.6 is 31.9 Å². The molecule has 0 aromatic heterocycles. The number of nitrogens with one attached hydrogen (secondary N) is 1. The highest BCUT2D eigenvalue weighted by atomic mass is 79.9. The fourth-order valence-corrected chi connectivity index (χ4v) is 5.31. The van der Waals surface area contributed by atoms with Gasteiger partial charge in [-0.1, -0.05) is 46.3 Å². The van der Waals surface area contributed by atoms with Gasteiger partial charge in [0.25, 0.3) is 0 Å². The van der Waals surface area contributed by atoms with Gasteiger partial charge >= 0.3 is 11.9 Å². The van der Waals surface area contributed by atoms with Crippen LogP contribution in [0.25, 0.3) is 0 Å². The molecule has 3 rings (SSSR count). The number of hydrogen-bond donors (Lipinski definition) is 1. The largest absolute Gasteiger partial charge is 0.487 e. The smallest absolute Gasteiger partial charge is 0.336 e. The van der Waals surface area contributed by atoms with Gasteiger partial charge in [-0.05, 0) is 61.3 Å². The van der Waals surface area contributed by atoms with E-state index in [1.807, 2.05) is 42.5 Å². The van der Waals surface area contributed by atoms with E-state index in [4.69, 9.17) is 14.2 Å². The number of hydrogen-bond acceptors (Lipinski definition) is 6. The zero-order chi connectivity index (χ0) is 24.8. The number of halogens is 2. The molecule has 1 N–H and O–H groups in total. The maximum Gasteiger partial charge on any atom is 0.336 e. The Morgan fingerprint density at radius 3 is 2.00 bits per heavy atom. The van der Waals surface area contributed by atoms with Gasteiger partial charge in [-0.25, -0.2) is 9.59 Å². The summed E-state index contributed by atoms with van der Waals surface area (Å²) in [5, 5.41) is 3.16. The number of carbonyl (C=O) groups is 2. The monoisotopic (exact) mass is 591 g/mol. The van der Waals surface area contributed by atoms with Crippen LogP contribution in [0.15, 0.2) is 74.0 Å². The Bertz CT molecular complexity index is 1100. The van der Waals surface area contributed by atoms with Crippen LogP contribution in [0.1, 0.15) is 44.7 Å². The number of rotatable bonds is 8. The lowest BCUT2D eigenvalue weighted by Gasteiger charge is -2.31. The zero-order valence-corrected chi connectivity index (χ0v) is 22.7. The molecule has 0 radical (unpaired) electrons. The number of allylic oxidation sites excluding steroid dienone is 2. The second kappa shape index (κ2) is 11.7. The Morgan fingerprint density at radius 2 is 1.47 bits per heavy atom. The molecule has 2 aromatic carbocycles. The van der Waals surface area contributed by atoms with Gasteiger partial charge in [-0.3, -0.25) is 0 Å². The van der Waals surface area contributed by atoms with Gasteiger partial charge in [0.1, 0.15) is 12.4 Å². The van der Waals surface area contributed by atoms with Gasteiger partial charge in [-0.15, -0.1) is 0 Å². The fraction of sp³-hybridized carbons (Fsp3) is 0.308. The molecule has 0 aliphatic carbocycles. The number of ether oxygens (including phenoxy) is 3. The molecule has 1 aliphatic rings. The predicted octanol–water partition coefficient (Wildman–Crippen LogP) is 6.15. The molecule has 34 heavy (non-hydrogen) atoms. The normalized spacial score (nSPS) is 14.1. The van der Waals surface area contributed by atoms with Gasteiger partial charge in [-0.2, -0.15) is 0 Å². The molecule has 0 unspecified atom stereocenters. The summed E-state index contributed by atoms with van der Waals surface area (Å²) in [6.07, 6.45) is 0. The number of benzene rings is 2. The standard InChI is InChI=1S/C26H27Br2NO5/c1-5-32-25(30)21-15(3)29-16(4)22(26(31)33-6-2)23(21)19-12-18(27)13-20(28)24(19)34-14-17-10-8-7-9-11-17/h7-13,23,29H,5-6,14H2,1-4H3. The van der Waals surface area contributed by atoms with E-state index in [1.165, 1.54) is 0 Å². The maximum absolute atomic E-state index is 13.1. The lowest BCUT2D eigenvalue weighted by Crippen LogP contribution is -2.32. The van der Waals surface area contributed by atoms with Crippen LogP contribution in [0.2, 0.25) is 0 Å². The minimum atomic E-state index is -0.751. The minimum Gasteiger partial charge on any atom is -0.487 e. The van der Waals surface area contributed by atoms with Crippen LogP contribution in [-0.2, 0) is 25.7 Å². The zero-order valence-electron chi connectivity index (χ0n) is 19.5. The van der Waals surface area contributed by atoms with Crippen molar-refractivity contribution in [1.29, 1.82) is 0 Å². The van der Waals surface area contributed by atoms with Crippen molar-refractivity contribution in [1.82, 2.24) is 5.32 Å². The molecule has 0 amide bonds. The summed E-state index contributed by atoms with van der Waals surface area (Å²) in [7, 11) is 0. The Hall–Kier alpha value is -2.58. The topological polar surface area (TPSA) is 73.9 Å². The molecule has 0 bridgehead atoms. The van der Waals surface area contributed by atoms with Crippen LogP contribution in [-0.4, -0.2) is 25.2 Å². The van der Waals surface area contributed by atoms with Crippen LogP contribution in [0.4, 0.5) is 0 Å². The van der Waals surface area contributed by atoms with Gasteiger partial charge < -0.3 is 19.5 Å². The molecule has 180 valence electrons. The van der Waals surface area contributed by atoms with Crippen LogP contribution in [0.3, 0.4) is 0 Å². The Kier molecular flexibility index (Phi) is 8.97. The average molecular weight is 593 g/mol. The Morgan fingerprint density at radius 1 is 0.912 bits per heavy atom. The molecule has 8 heteroatoms. The van der Waals surface area contributed by atoms with E-state index in [0.29, 0.717) is 44.9 Å². The highest BCUT2D eigenvalue weighted by Crippen LogP contribution is 2.46. The highest BCUT2D eigenvalue weighted by molar-refractivity contribution is 9.11. The molecule has 2 aromatic rings. The van der Waals surface area contributed by atoms with Crippen molar-refractivity contribution in [3.05, 3.63) is 85.1 Å². The first-order chi connectivity index (χ1) is 16.3. The summed E-state index contributed by atoms with van der Waals surface area (Å²) < 4.78 is 18.5. The molecule has 1 heterocycles. The lowest BCUT2D eigenvalue weighted by molar-refractivity contribution is -0.139. The van der Waals surface area contributed by atoms with Crippen molar-refractivity contribution in [2.24, 2.45) is 0 Å². The molecule has 6 nitrogen and oxygen atoms in total. The highest BCUT2D eigenvalue weighted by Gasteiger charge is 2.40. The lowest BCUT2D eigenvalue weighted by atomic mass is 9.80. The molecular formula is C26H27Br2NO5. The van der Waals surface area contributed by atoms with E-state index >= 15 is 0 Å². The predicted molar refractivity (Wildman–Crippen MR) is 137 cm³/mol. The molecule has 0 saturated heterocycles. The summed E-state index contributed by atoms with van der Waals surface area (Å²) in [5.74, 6) is -1.23. The first-order valence-electron chi connectivity index (χ1n) is 11.0. The maximum atomic E-state index is 13.1. The van der Waals surface area contributed by atoms with Crippen LogP contribution in [0.5, 0.6) is 5.75 Å². The number of carbonyl (C=O) groups excluding carboxylic acids is 2. The van der Waals surface area contributed by atoms with Crippen LogP contribution in [0, 0.1) is 0 Å². The Labute approximate surface area is 216 Å². The van der Waals surface area contributed by atoms with E-state index in [0.717, 1.165) is 10.0 Å². The van der Waals surface area contributed by atoms with E-state index < -0.39 is 17.9 Å². The molecule has 0 saturated carbocycles. The second-order valence-corrected chi connectivity index (χ2v) is 9.43. The molecule has 0 fully saturated rings. The Balaban J connectivity index is 2.20. The second-order valence-electron chi connectivity index (χ2n) is 7.66. The molecule has 1 aliphatic heterocycles. The van der Waals surface area contributed by atoms with E-state index in [1.54, 1.807) is 27.7 Å². The molecule has 0 atom stereocenters. The third-order valence-corrected chi connectivity index (χ3v) is 6.37. The van der Waals surface area contributed by atoms with Gasteiger partial charge in [0, 0.05) is 21.4 Å². The van der Waals surface area contributed by atoms with Crippen molar-refractivity contribution < 1.29 is 23.8 Å². The summed E-state index contributed by atoms with van der Waals surface area (Å²) in [6.45, 7) is 7.81. The first kappa shape index (κ1) is 26.0. The number of esters is 2. The van der Waals surface area contributed by atoms with E-state index in [9.17, 15) is 9.59 Å². The molecular weight excluding hydrogens is 566 g/mol. The van der Waals surface area contributed by atoms with Crippen molar-refractivity contribution in [3.8, 4) is 5.75 Å². The fourth-order valence-electron chi connectivity index (χ4n) is 3.94. The van der Waals surface area contributed by atoms with Gasteiger partial charge in [0.2, 0.25) is 0 Å². The van der Waals surface area contributed by atoms with Gasteiger partial charge in [0.15, 0.2) is 0 Å². The van der Waals surface area contributed by atoms with Crippen molar-refractivity contribution in [2.45, 2.75) is 40.2 Å². The third kappa shape index (κ3) is 5.73. The SMILES string of the molecule is CCOC(=O)C1=C(C)NC(C)=C(C(=O)OCC)C1c1cc(Br)cc(Br)c1OCc1ccccc1. The van der Waals surface area contributed by atoms with E-state index in [2.05, 4.69) is 37.2 Å². The first-order valence-corrected chi connectivity index (χ1v) is 12.5.